The van der Waals surface area contributed by atoms with Gasteiger partial charge >= 0.3 is 12.1 Å². The van der Waals surface area contributed by atoms with Gasteiger partial charge in [0.15, 0.2) is 5.60 Å². The number of ether oxygens (including phenoxy) is 2. The van der Waals surface area contributed by atoms with E-state index >= 15 is 0 Å². The van der Waals surface area contributed by atoms with Crippen LogP contribution in [0.15, 0.2) is 48.5 Å². The van der Waals surface area contributed by atoms with Crippen molar-refractivity contribution in [1.82, 2.24) is 15.1 Å². The number of rotatable bonds is 10. The van der Waals surface area contributed by atoms with E-state index in [2.05, 4.69) is 17.3 Å². The summed E-state index contributed by atoms with van der Waals surface area (Å²) < 4.78 is 52.0. The predicted molar refractivity (Wildman–Crippen MR) is 141 cm³/mol. The highest BCUT2D eigenvalue weighted by Crippen LogP contribution is 2.36. The predicted octanol–water partition coefficient (Wildman–Crippen LogP) is 6.40. The van der Waals surface area contributed by atoms with Gasteiger partial charge in [0, 0.05) is 12.6 Å². The van der Waals surface area contributed by atoms with Gasteiger partial charge in [-0.05, 0) is 83.0 Å². The molecule has 3 rings (SSSR count). The Kier molecular flexibility index (Phi) is 8.61. The van der Waals surface area contributed by atoms with Crippen LogP contribution < -0.4 is 10.1 Å². The van der Waals surface area contributed by atoms with E-state index in [1.165, 1.54) is 12.1 Å². The third-order valence-corrected chi connectivity index (χ3v) is 6.51. The lowest BCUT2D eigenvalue weighted by molar-refractivity contribution is -0.158. The van der Waals surface area contributed by atoms with Gasteiger partial charge < -0.3 is 14.8 Å². The fourth-order valence-electron chi connectivity index (χ4n) is 4.32. The van der Waals surface area contributed by atoms with E-state index in [9.17, 15) is 18.0 Å². The van der Waals surface area contributed by atoms with E-state index in [-0.39, 0.29) is 6.61 Å². The third kappa shape index (κ3) is 6.20. The van der Waals surface area contributed by atoms with Crippen LogP contribution in [0.3, 0.4) is 0 Å². The Balaban J connectivity index is 1.99. The van der Waals surface area contributed by atoms with Crippen LogP contribution in [-0.2, 0) is 28.3 Å². The molecule has 0 aliphatic heterocycles. The number of nitrogens with zero attached hydrogens (tertiary/aromatic N) is 2. The van der Waals surface area contributed by atoms with Crippen molar-refractivity contribution in [3.63, 3.8) is 0 Å². The van der Waals surface area contributed by atoms with Crippen molar-refractivity contribution in [2.75, 3.05) is 13.2 Å². The van der Waals surface area contributed by atoms with E-state index in [1.54, 1.807) is 25.5 Å². The molecule has 0 aliphatic carbocycles. The maximum atomic E-state index is 13.0. The molecule has 38 heavy (non-hydrogen) atoms. The summed E-state index contributed by atoms with van der Waals surface area (Å²) in [5.74, 6) is 0.128. The Bertz CT molecular complexity index is 1270. The van der Waals surface area contributed by atoms with Crippen LogP contribution in [0.25, 0.3) is 11.3 Å². The van der Waals surface area contributed by atoms with Crippen molar-refractivity contribution in [2.24, 2.45) is 7.05 Å². The van der Waals surface area contributed by atoms with Gasteiger partial charge in [0.1, 0.15) is 5.75 Å². The van der Waals surface area contributed by atoms with Gasteiger partial charge in [0.25, 0.3) is 0 Å². The van der Waals surface area contributed by atoms with Crippen LogP contribution in [0.2, 0.25) is 0 Å². The summed E-state index contributed by atoms with van der Waals surface area (Å²) in [5, 5.41) is 8.24. The Hall–Kier alpha value is -3.33. The summed E-state index contributed by atoms with van der Waals surface area (Å²) in [6.45, 7) is 12.1. The summed E-state index contributed by atoms with van der Waals surface area (Å²) in [5.41, 5.74) is 1.30. The average molecular weight is 532 g/mol. The zero-order chi connectivity index (χ0) is 28.3. The molecular weight excluding hydrogens is 495 g/mol. The highest BCUT2D eigenvalue weighted by atomic mass is 19.4. The van der Waals surface area contributed by atoms with Crippen molar-refractivity contribution in [1.29, 1.82) is 0 Å². The van der Waals surface area contributed by atoms with Crippen LogP contribution in [0, 0.1) is 6.92 Å². The Morgan fingerprint density at radius 2 is 1.63 bits per heavy atom. The van der Waals surface area contributed by atoms with Crippen molar-refractivity contribution in [3.8, 4) is 17.0 Å². The van der Waals surface area contributed by atoms with E-state index in [0.29, 0.717) is 17.0 Å². The SMILES string of the molecule is CCCNC(C)(c1ccc(OC(C)(C)C(=O)OCC)c(C)c1)c1cc(-c2ccc(C(F)(F)F)cc2)nn1C. The van der Waals surface area contributed by atoms with E-state index < -0.39 is 28.8 Å². The van der Waals surface area contributed by atoms with Crippen molar-refractivity contribution >= 4 is 5.97 Å². The molecule has 0 aliphatic rings. The zero-order valence-electron chi connectivity index (χ0n) is 23.0. The molecule has 1 unspecified atom stereocenters. The molecule has 0 amide bonds. The van der Waals surface area contributed by atoms with Gasteiger partial charge in [-0.2, -0.15) is 18.3 Å². The summed E-state index contributed by atoms with van der Waals surface area (Å²) >= 11 is 0. The Morgan fingerprint density at radius 3 is 2.18 bits per heavy atom. The Morgan fingerprint density at radius 1 is 1.00 bits per heavy atom. The molecule has 1 atom stereocenters. The van der Waals surface area contributed by atoms with Crippen LogP contribution >= 0.6 is 0 Å². The molecule has 1 heterocycles. The summed E-state index contributed by atoms with van der Waals surface area (Å²) in [6, 6.07) is 12.7. The lowest BCUT2D eigenvalue weighted by Crippen LogP contribution is -2.43. The van der Waals surface area contributed by atoms with Gasteiger partial charge in [-0.15, -0.1) is 0 Å². The number of carbonyl (C=O) groups excluding carboxylic acids is 1. The first kappa shape index (κ1) is 29.2. The number of aryl methyl sites for hydroxylation is 2. The maximum Gasteiger partial charge on any atom is 0.416 e. The van der Waals surface area contributed by atoms with E-state index in [4.69, 9.17) is 9.47 Å². The largest absolute Gasteiger partial charge is 0.476 e. The smallest absolute Gasteiger partial charge is 0.416 e. The molecule has 0 fully saturated rings. The third-order valence-electron chi connectivity index (χ3n) is 6.51. The molecule has 206 valence electrons. The van der Waals surface area contributed by atoms with Gasteiger partial charge in [0.2, 0.25) is 0 Å². The van der Waals surface area contributed by atoms with Gasteiger partial charge in [-0.3, -0.25) is 4.68 Å². The summed E-state index contributed by atoms with van der Waals surface area (Å²) in [6.07, 6.45) is -3.50. The minimum absolute atomic E-state index is 0.268. The van der Waals surface area contributed by atoms with Crippen LogP contribution in [0.1, 0.15) is 63.4 Å². The van der Waals surface area contributed by atoms with Gasteiger partial charge in [-0.25, -0.2) is 4.79 Å². The number of halogens is 3. The second kappa shape index (κ2) is 11.2. The molecule has 1 N–H and O–H groups in total. The molecule has 0 bridgehead atoms. The monoisotopic (exact) mass is 531 g/mol. The molecule has 6 nitrogen and oxygen atoms in total. The molecule has 1 aromatic heterocycles. The first-order chi connectivity index (χ1) is 17.7. The second-order valence-corrected chi connectivity index (χ2v) is 9.98. The standard InChI is InChI=1S/C29H36F3N3O3/c1-8-16-33-28(6,22-14-15-24(19(3)17-22)38-27(4,5)26(36)37-9-2)25-18-23(34-35(25)7)20-10-12-21(13-11-20)29(30,31)32/h10-15,17-18,33H,8-9,16H2,1-7H3. The number of hydrogen-bond donors (Lipinski definition) is 1. The van der Waals surface area contributed by atoms with Gasteiger partial charge in [0.05, 0.1) is 29.1 Å². The normalized spacial score (nSPS) is 13.7. The maximum absolute atomic E-state index is 13.0. The minimum atomic E-state index is -4.39. The lowest BCUT2D eigenvalue weighted by Gasteiger charge is -2.33. The minimum Gasteiger partial charge on any atom is -0.476 e. The van der Waals surface area contributed by atoms with Crippen LogP contribution in [-0.4, -0.2) is 34.5 Å². The quantitative estimate of drug-likeness (QED) is 0.307. The number of aromatic nitrogens is 2. The molecule has 3 aromatic rings. The fraction of sp³-hybridized carbons (Fsp3) is 0.448. The van der Waals surface area contributed by atoms with Crippen LogP contribution in [0.4, 0.5) is 13.2 Å². The molecule has 2 aromatic carbocycles. The van der Waals surface area contributed by atoms with E-state index in [1.807, 2.05) is 45.2 Å². The molecule has 0 saturated heterocycles. The van der Waals surface area contributed by atoms with Crippen molar-refractivity contribution < 1.29 is 27.4 Å². The van der Waals surface area contributed by atoms with Crippen molar-refractivity contribution in [2.45, 2.75) is 65.3 Å². The first-order valence-corrected chi connectivity index (χ1v) is 12.7. The molecule has 0 spiro atoms. The van der Waals surface area contributed by atoms with Gasteiger partial charge in [-0.1, -0.05) is 31.2 Å². The van der Waals surface area contributed by atoms with Crippen LogP contribution in [0.5, 0.6) is 5.75 Å². The molecule has 0 radical (unpaired) electrons. The molecular formula is C29H36F3N3O3. The number of esters is 1. The zero-order valence-corrected chi connectivity index (χ0v) is 23.0. The second-order valence-electron chi connectivity index (χ2n) is 9.98. The first-order valence-electron chi connectivity index (χ1n) is 12.7. The highest BCUT2D eigenvalue weighted by molar-refractivity contribution is 5.79. The summed E-state index contributed by atoms with van der Waals surface area (Å²) in [7, 11) is 1.82. The summed E-state index contributed by atoms with van der Waals surface area (Å²) in [4.78, 5) is 12.3. The number of alkyl halides is 3. The molecule has 0 saturated carbocycles. The number of benzene rings is 2. The van der Waals surface area contributed by atoms with E-state index in [0.717, 1.165) is 41.9 Å². The topological polar surface area (TPSA) is 65.4 Å². The fourth-order valence-corrected chi connectivity index (χ4v) is 4.32. The molecule has 9 heteroatoms. The van der Waals surface area contributed by atoms with Crippen molar-refractivity contribution in [3.05, 3.63) is 70.9 Å². The Labute approximate surface area is 222 Å². The highest BCUT2D eigenvalue weighted by Gasteiger charge is 2.35. The lowest BCUT2D eigenvalue weighted by atomic mass is 9.86. The number of nitrogens with one attached hydrogen (secondary N) is 1. The number of carbonyl (C=O) groups is 1. The average Bonchev–Trinajstić information content (AvgIpc) is 3.25. The number of hydrogen-bond acceptors (Lipinski definition) is 5.